The van der Waals surface area contributed by atoms with E-state index in [1.165, 1.54) is 0 Å². The maximum absolute atomic E-state index is 13.0. The van der Waals surface area contributed by atoms with Crippen LogP contribution in [-0.4, -0.2) is 11.6 Å². The first kappa shape index (κ1) is 16.8. The highest BCUT2D eigenvalue weighted by Crippen LogP contribution is 2.26. The fourth-order valence-electron chi connectivity index (χ4n) is 2.98. The molecule has 0 amide bonds. The van der Waals surface area contributed by atoms with Crippen LogP contribution in [0.15, 0.2) is 91.0 Å². The number of carbonyl (C=O) groups excluding carboxylic acids is 2. The zero-order chi connectivity index (χ0) is 17.5. The molecule has 2 heteroatoms. The van der Waals surface area contributed by atoms with E-state index in [0.29, 0.717) is 24.0 Å². The van der Waals surface area contributed by atoms with E-state index in [2.05, 4.69) is 0 Å². The summed E-state index contributed by atoms with van der Waals surface area (Å²) < 4.78 is 0. The Bertz CT molecular complexity index is 824. The van der Waals surface area contributed by atoms with Gasteiger partial charge in [0.15, 0.2) is 11.6 Å². The maximum Gasteiger partial charge on any atom is 0.170 e. The summed E-state index contributed by atoms with van der Waals surface area (Å²) in [7, 11) is 0. The van der Waals surface area contributed by atoms with Crippen LogP contribution in [0.2, 0.25) is 0 Å². The van der Waals surface area contributed by atoms with Crippen LogP contribution >= 0.6 is 0 Å². The van der Waals surface area contributed by atoms with Crippen molar-refractivity contribution in [3.63, 3.8) is 0 Å². The highest BCUT2D eigenvalue weighted by atomic mass is 16.1. The van der Waals surface area contributed by atoms with Gasteiger partial charge in [0.05, 0.1) is 0 Å². The van der Waals surface area contributed by atoms with Crippen LogP contribution in [0, 0.1) is 0 Å². The number of benzene rings is 3. The van der Waals surface area contributed by atoms with E-state index in [1.54, 1.807) is 0 Å². The van der Waals surface area contributed by atoms with Gasteiger partial charge in [-0.3, -0.25) is 9.59 Å². The summed E-state index contributed by atoms with van der Waals surface area (Å²) in [4.78, 5) is 25.4. The molecule has 0 unspecified atom stereocenters. The fourth-order valence-corrected chi connectivity index (χ4v) is 2.98. The van der Waals surface area contributed by atoms with Gasteiger partial charge in [-0.25, -0.2) is 0 Å². The fraction of sp³-hybridized carbons (Fsp3) is 0.130. The van der Waals surface area contributed by atoms with Crippen molar-refractivity contribution >= 4 is 11.6 Å². The Morgan fingerprint density at radius 3 is 1.68 bits per heavy atom. The standard InChI is InChI=1S/C23H20O2/c24-22(19-12-6-2-7-13-19)17-16-21(18-10-4-1-5-11-18)23(25)20-14-8-3-9-15-20/h1-15,21H,16-17H2/t21-/m0/s1. The lowest BCUT2D eigenvalue weighted by Crippen LogP contribution is -2.15. The lowest BCUT2D eigenvalue weighted by molar-refractivity contribution is 0.0936. The zero-order valence-corrected chi connectivity index (χ0v) is 14.0. The second kappa shape index (κ2) is 8.20. The molecule has 0 aliphatic rings. The Morgan fingerprint density at radius 1 is 0.640 bits per heavy atom. The maximum atomic E-state index is 13.0. The second-order valence-electron chi connectivity index (χ2n) is 6.02. The van der Waals surface area contributed by atoms with Crippen LogP contribution in [0.1, 0.15) is 45.0 Å². The van der Waals surface area contributed by atoms with Crippen LogP contribution in [0.5, 0.6) is 0 Å². The molecule has 0 radical (unpaired) electrons. The molecule has 2 nitrogen and oxygen atoms in total. The van der Waals surface area contributed by atoms with Gasteiger partial charge >= 0.3 is 0 Å². The van der Waals surface area contributed by atoms with Crippen LogP contribution < -0.4 is 0 Å². The highest BCUT2D eigenvalue weighted by Gasteiger charge is 2.23. The van der Waals surface area contributed by atoms with Crippen LogP contribution in [0.4, 0.5) is 0 Å². The lowest BCUT2D eigenvalue weighted by Gasteiger charge is -2.16. The third kappa shape index (κ3) is 4.30. The van der Waals surface area contributed by atoms with Crippen molar-refractivity contribution in [1.82, 2.24) is 0 Å². The van der Waals surface area contributed by atoms with Crippen LogP contribution in [0.25, 0.3) is 0 Å². The molecule has 0 N–H and O–H groups in total. The van der Waals surface area contributed by atoms with Crippen molar-refractivity contribution in [2.24, 2.45) is 0 Å². The minimum Gasteiger partial charge on any atom is -0.294 e. The molecule has 0 aromatic heterocycles. The van der Waals surface area contributed by atoms with Gasteiger partial charge in [0.1, 0.15) is 0 Å². The second-order valence-corrected chi connectivity index (χ2v) is 6.02. The molecule has 0 fully saturated rings. The molecule has 3 rings (SSSR count). The largest absolute Gasteiger partial charge is 0.294 e. The Morgan fingerprint density at radius 2 is 1.12 bits per heavy atom. The van der Waals surface area contributed by atoms with E-state index < -0.39 is 0 Å². The summed E-state index contributed by atoms with van der Waals surface area (Å²) >= 11 is 0. The average molecular weight is 328 g/mol. The van der Waals surface area contributed by atoms with Crippen molar-refractivity contribution in [3.05, 3.63) is 108 Å². The molecular formula is C23H20O2. The topological polar surface area (TPSA) is 34.1 Å². The van der Waals surface area contributed by atoms with Gasteiger partial charge < -0.3 is 0 Å². The van der Waals surface area contributed by atoms with Gasteiger partial charge in [-0.15, -0.1) is 0 Å². The summed E-state index contributed by atoms with van der Waals surface area (Å²) in [5, 5.41) is 0. The molecule has 0 aliphatic heterocycles. The summed E-state index contributed by atoms with van der Waals surface area (Å²) in [6.07, 6.45) is 0.855. The molecule has 1 atom stereocenters. The molecule has 0 aliphatic carbocycles. The minimum absolute atomic E-state index is 0.0626. The number of rotatable bonds is 7. The first-order valence-electron chi connectivity index (χ1n) is 8.48. The van der Waals surface area contributed by atoms with Crippen molar-refractivity contribution < 1.29 is 9.59 Å². The molecule has 3 aromatic rings. The SMILES string of the molecule is O=C(CC[C@H](C(=O)c1ccccc1)c1ccccc1)c1ccccc1. The number of hydrogen-bond donors (Lipinski definition) is 0. The molecule has 0 heterocycles. The highest BCUT2D eigenvalue weighted by molar-refractivity contribution is 6.02. The average Bonchev–Trinajstić information content (AvgIpc) is 2.70. The molecule has 0 saturated carbocycles. The van der Waals surface area contributed by atoms with Crippen LogP contribution in [0.3, 0.4) is 0 Å². The van der Waals surface area contributed by atoms with E-state index >= 15 is 0 Å². The quantitative estimate of drug-likeness (QED) is 0.550. The number of Topliss-reactive ketones (excluding diaryl/α,β-unsaturated/α-hetero) is 2. The van der Waals surface area contributed by atoms with Crippen molar-refractivity contribution in [2.45, 2.75) is 18.8 Å². The van der Waals surface area contributed by atoms with Gasteiger partial charge in [0.2, 0.25) is 0 Å². The van der Waals surface area contributed by atoms with Crippen molar-refractivity contribution in [2.75, 3.05) is 0 Å². The number of ketones is 2. The van der Waals surface area contributed by atoms with Crippen LogP contribution in [-0.2, 0) is 0 Å². The predicted molar refractivity (Wildman–Crippen MR) is 100.0 cm³/mol. The van der Waals surface area contributed by atoms with E-state index in [0.717, 1.165) is 5.56 Å². The summed E-state index contributed by atoms with van der Waals surface area (Å²) in [6, 6.07) is 28.2. The number of hydrogen-bond acceptors (Lipinski definition) is 2. The third-order valence-corrected chi connectivity index (χ3v) is 4.33. The molecular weight excluding hydrogens is 308 g/mol. The monoisotopic (exact) mass is 328 g/mol. The molecule has 0 saturated heterocycles. The molecule has 3 aromatic carbocycles. The Hall–Kier alpha value is -3.00. The van der Waals surface area contributed by atoms with E-state index in [4.69, 9.17) is 0 Å². The molecule has 0 bridgehead atoms. The summed E-state index contributed by atoms with van der Waals surface area (Å²) in [5.41, 5.74) is 2.34. The van der Waals surface area contributed by atoms with E-state index in [9.17, 15) is 9.59 Å². The normalized spacial score (nSPS) is 11.7. The Balaban J connectivity index is 1.80. The third-order valence-electron chi connectivity index (χ3n) is 4.33. The van der Waals surface area contributed by atoms with Gasteiger partial charge in [-0.05, 0) is 12.0 Å². The Kier molecular flexibility index (Phi) is 5.53. The predicted octanol–water partition coefficient (Wildman–Crippen LogP) is 5.32. The number of carbonyl (C=O) groups is 2. The summed E-state index contributed by atoms with van der Waals surface area (Å²) in [5.74, 6) is -0.175. The lowest BCUT2D eigenvalue weighted by atomic mass is 9.86. The molecule has 25 heavy (non-hydrogen) atoms. The van der Waals surface area contributed by atoms with Gasteiger partial charge in [-0.2, -0.15) is 0 Å². The first-order chi connectivity index (χ1) is 12.3. The van der Waals surface area contributed by atoms with E-state index in [-0.39, 0.29) is 17.5 Å². The Labute approximate surface area is 148 Å². The minimum atomic E-state index is -0.309. The summed E-state index contributed by atoms with van der Waals surface area (Å²) in [6.45, 7) is 0. The zero-order valence-electron chi connectivity index (χ0n) is 14.0. The van der Waals surface area contributed by atoms with Crippen molar-refractivity contribution in [3.8, 4) is 0 Å². The first-order valence-corrected chi connectivity index (χ1v) is 8.48. The molecule has 0 spiro atoms. The molecule has 124 valence electrons. The van der Waals surface area contributed by atoms with Gasteiger partial charge in [0.25, 0.3) is 0 Å². The van der Waals surface area contributed by atoms with E-state index in [1.807, 2.05) is 91.0 Å². The van der Waals surface area contributed by atoms with Gasteiger partial charge in [0, 0.05) is 23.5 Å². The van der Waals surface area contributed by atoms with Crippen molar-refractivity contribution in [1.29, 1.82) is 0 Å². The van der Waals surface area contributed by atoms with Gasteiger partial charge in [-0.1, -0.05) is 91.0 Å². The smallest absolute Gasteiger partial charge is 0.170 e.